The van der Waals surface area contributed by atoms with Crippen molar-refractivity contribution < 1.29 is 0 Å². The Hall–Kier alpha value is -1.22. The van der Waals surface area contributed by atoms with Gasteiger partial charge in [-0.1, -0.05) is 24.8 Å². The first kappa shape index (κ1) is 12.2. The van der Waals surface area contributed by atoms with Crippen LogP contribution in [0.3, 0.4) is 0 Å². The van der Waals surface area contributed by atoms with E-state index < -0.39 is 0 Å². The maximum atomic E-state index is 4.28. The van der Waals surface area contributed by atoms with Crippen LogP contribution >= 0.6 is 0 Å². The standard InChI is InChI=1S/C14H21N3/c1-15-10-13(12-5-3-2-4-6-12)9-14-7-8-16-11-17-14/h7-9,11-12,15H,2-6,10H2,1H3. The lowest BCUT2D eigenvalue weighted by Gasteiger charge is -2.24. The maximum absolute atomic E-state index is 4.28. The highest BCUT2D eigenvalue weighted by Gasteiger charge is 2.17. The van der Waals surface area contributed by atoms with Crippen LogP contribution in [0.2, 0.25) is 0 Å². The van der Waals surface area contributed by atoms with Gasteiger partial charge in [0.25, 0.3) is 0 Å². The maximum Gasteiger partial charge on any atom is 0.115 e. The SMILES string of the molecule is CNCC(=Cc1ccncn1)C1CCCCC1. The van der Waals surface area contributed by atoms with Gasteiger partial charge in [-0.3, -0.25) is 0 Å². The number of likely N-dealkylation sites (N-methyl/N-ethyl adjacent to an activating group) is 1. The van der Waals surface area contributed by atoms with E-state index in [0.29, 0.717) is 0 Å². The molecule has 1 aliphatic carbocycles. The molecule has 0 saturated heterocycles. The van der Waals surface area contributed by atoms with Crippen LogP contribution in [-0.4, -0.2) is 23.6 Å². The Morgan fingerprint density at radius 2 is 2.24 bits per heavy atom. The van der Waals surface area contributed by atoms with Crippen LogP contribution in [0.5, 0.6) is 0 Å². The molecule has 0 radical (unpaired) electrons. The van der Waals surface area contributed by atoms with Crippen molar-refractivity contribution in [2.75, 3.05) is 13.6 Å². The average molecular weight is 231 g/mol. The topological polar surface area (TPSA) is 37.8 Å². The van der Waals surface area contributed by atoms with E-state index in [-0.39, 0.29) is 0 Å². The molecule has 17 heavy (non-hydrogen) atoms. The minimum absolute atomic E-state index is 0.742. The third-order valence-corrected chi connectivity index (χ3v) is 3.45. The Morgan fingerprint density at radius 3 is 2.88 bits per heavy atom. The van der Waals surface area contributed by atoms with E-state index >= 15 is 0 Å². The van der Waals surface area contributed by atoms with E-state index in [4.69, 9.17) is 0 Å². The Labute approximate surface area is 103 Å². The molecule has 1 aromatic heterocycles. The molecular weight excluding hydrogens is 210 g/mol. The number of nitrogens with one attached hydrogen (secondary N) is 1. The molecule has 1 heterocycles. The molecule has 0 aromatic carbocycles. The third kappa shape index (κ3) is 3.63. The summed E-state index contributed by atoms with van der Waals surface area (Å²) >= 11 is 0. The summed E-state index contributed by atoms with van der Waals surface area (Å²) in [5.74, 6) is 0.742. The fourth-order valence-corrected chi connectivity index (χ4v) is 2.57. The van der Waals surface area contributed by atoms with E-state index in [0.717, 1.165) is 18.2 Å². The molecule has 0 atom stereocenters. The minimum atomic E-state index is 0.742. The largest absolute Gasteiger partial charge is 0.316 e. The Bertz CT molecular complexity index is 353. The lowest BCUT2D eigenvalue weighted by Crippen LogP contribution is -2.19. The van der Waals surface area contributed by atoms with Gasteiger partial charge in [-0.05, 0) is 37.9 Å². The second-order valence-electron chi connectivity index (χ2n) is 4.72. The predicted octanol–water partition coefficient (Wildman–Crippen LogP) is 2.66. The molecule has 92 valence electrons. The second kappa shape index (κ2) is 6.50. The molecule has 3 nitrogen and oxygen atoms in total. The average Bonchev–Trinajstić information content (AvgIpc) is 2.40. The zero-order valence-corrected chi connectivity index (χ0v) is 10.5. The van der Waals surface area contributed by atoms with Crippen molar-refractivity contribution in [3.8, 4) is 0 Å². The normalized spacial score (nSPS) is 18.3. The van der Waals surface area contributed by atoms with Crippen LogP contribution in [0.1, 0.15) is 37.8 Å². The number of hydrogen-bond acceptors (Lipinski definition) is 3. The zero-order valence-electron chi connectivity index (χ0n) is 10.5. The summed E-state index contributed by atoms with van der Waals surface area (Å²) in [6.45, 7) is 0.967. The van der Waals surface area contributed by atoms with E-state index in [1.165, 1.54) is 37.7 Å². The minimum Gasteiger partial charge on any atom is -0.316 e. The highest BCUT2D eigenvalue weighted by Crippen LogP contribution is 2.30. The summed E-state index contributed by atoms with van der Waals surface area (Å²) in [6, 6.07) is 1.97. The monoisotopic (exact) mass is 231 g/mol. The lowest BCUT2D eigenvalue weighted by atomic mass is 9.83. The molecule has 1 saturated carbocycles. The summed E-state index contributed by atoms with van der Waals surface area (Å²) in [7, 11) is 2.01. The molecule has 2 rings (SSSR count). The number of nitrogens with zero attached hydrogens (tertiary/aromatic N) is 2. The van der Waals surface area contributed by atoms with Crippen LogP contribution in [-0.2, 0) is 0 Å². The van der Waals surface area contributed by atoms with Gasteiger partial charge in [0.05, 0.1) is 5.69 Å². The van der Waals surface area contributed by atoms with Gasteiger partial charge in [-0.15, -0.1) is 0 Å². The van der Waals surface area contributed by atoms with Crippen molar-refractivity contribution in [2.45, 2.75) is 32.1 Å². The molecule has 1 N–H and O–H groups in total. The van der Waals surface area contributed by atoms with Crippen LogP contribution in [0.25, 0.3) is 6.08 Å². The van der Waals surface area contributed by atoms with Crippen molar-refractivity contribution in [2.24, 2.45) is 5.92 Å². The van der Waals surface area contributed by atoms with Gasteiger partial charge in [-0.25, -0.2) is 9.97 Å². The first-order valence-corrected chi connectivity index (χ1v) is 6.51. The van der Waals surface area contributed by atoms with Gasteiger partial charge in [0.15, 0.2) is 0 Å². The summed E-state index contributed by atoms with van der Waals surface area (Å²) in [6.07, 6.45) is 12.5. The zero-order chi connectivity index (χ0) is 11.9. The van der Waals surface area contributed by atoms with Crippen LogP contribution in [0.4, 0.5) is 0 Å². The van der Waals surface area contributed by atoms with E-state index in [1.54, 1.807) is 12.5 Å². The molecule has 1 fully saturated rings. The van der Waals surface area contributed by atoms with E-state index in [2.05, 4.69) is 21.4 Å². The molecule has 0 amide bonds. The smallest absolute Gasteiger partial charge is 0.115 e. The van der Waals surface area contributed by atoms with Gasteiger partial charge >= 0.3 is 0 Å². The second-order valence-corrected chi connectivity index (χ2v) is 4.72. The van der Waals surface area contributed by atoms with Crippen molar-refractivity contribution in [3.05, 3.63) is 29.9 Å². The molecule has 0 spiro atoms. The van der Waals surface area contributed by atoms with E-state index in [1.807, 2.05) is 13.1 Å². The molecule has 3 heteroatoms. The summed E-state index contributed by atoms with van der Waals surface area (Å²) in [4.78, 5) is 8.24. The van der Waals surface area contributed by atoms with Crippen molar-refractivity contribution >= 4 is 6.08 Å². The van der Waals surface area contributed by atoms with Gasteiger partial charge in [0, 0.05) is 12.7 Å². The van der Waals surface area contributed by atoms with Crippen LogP contribution < -0.4 is 5.32 Å². The Kier molecular flexibility index (Phi) is 4.68. The van der Waals surface area contributed by atoms with Gasteiger partial charge in [0.2, 0.25) is 0 Å². The number of rotatable bonds is 4. The lowest BCUT2D eigenvalue weighted by molar-refractivity contribution is 0.398. The fourth-order valence-electron chi connectivity index (χ4n) is 2.57. The highest BCUT2D eigenvalue weighted by molar-refractivity contribution is 5.49. The molecule has 0 unspecified atom stereocenters. The quantitative estimate of drug-likeness (QED) is 0.865. The Morgan fingerprint density at radius 1 is 1.41 bits per heavy atom. The first-order valence-electron chi connectivity index (χ1n) is 6.51. The highest BCUT2D eigenvalue weighted by atomic mass is 14.8. The molecule has 0 bridgehead atoms. The Balaban J connectivity index is 2.12. The third-order valence-electron chi connectivity index (χ3n) is 3.45. The number of aromatic nitrogens is 2. The predicted molar refractivity (Wildman–Crippen MR) is 70.5 cm³/mol. The van der Waals surface area contributed by atoms with Crippen LogP contribution in [0.15, 0.2) is 24.2 Å². The fraction of sp³-hybridized carbons (Fsp3) is 0.571. The summed E-state index contributed by atoms with van der Waals surface area (Å²) < 4.78 is 0. The van der Waals surface area contributed by atoms with Crippen LogP contribution in [0, 0.1) is 5.92 Å². The molecule has 1 aromatic rings. The van der Waals surface area contributed by atoms with E-state index in [9.17, 15) is 0 Å². The van der Waals surface area contributed by atoms with Crippen molar-refractivity contribution in [1.82, 2.24) is 15.3 Å². The van der Waals surface area contributed by atoms with Crippen molar-refractivity contribution in [1.29, 1.82) is 0 Å². The molecule has 1 aliphatic rings. The van der Waals surface area contributed by atoms with Gasteiger partial charge < -0.3 is 5.32 Å². The van der Waals surface area contributed by atoms with Crippen molar-refractivity contribution in [3.63, 3.8) is 0 Å². The molecular formula is C14H21N3. The molecule has 0 aliphatic heterocycles. The number of hydrogen-bond donors (Lipinski definition) is 1. The first-order chi connectivity index (χ1) is 8.40. The summed E-state index contributed by atoms with van der Waals surface area (Å²) in [5, 5.41) is 3.27. The van der Waals surface area contributed by atoms with Gasteiger partial charge in [-0.2, -0.15) is 0 Å². The van der Waals surface area contributed by atoms with Gasteiger partial charge in [0.1, 0.15) is 6.33 Å². The summed E-state index contributed by atoms with van der Waals surface area (Å²) in [5.41, 5.74) is 2.52.